The Morgan fingerprint density at radius 1 is 1.12 bits per heavy atom. The molecule has 1 heterocycles. The number of H-pyrrole nitrogens is 1. The number of aromatic carboxylic acids is 1. The molecule has 0 aliphatic carbocycles. The number of aliphatic hydroxyl groups is 1. The van der Waals surface area contributed by atoms with Gasteiger partial charge in [-0.15, -0.1) is 0 Å². The van der Waals surface area contributed by atoms with E-state index in [-0.39, 0.29) is 39.4 Å². The Kier molecular flexibility index (Phi) is 6.40. The number of hydrogen-bond donors (Lipinski definition) is 4. The maximum atomic E-state index is 13.0. The van der Waals surface area contributed by atoms with Crippen molar-refractivity contribution in [2.24, 2.45) is 5.10 Å². The number of halogens is 3. The Balaban J connectivity index is 1.84. The molecule has 1 amide bonds. The maximum Gasteiger partial charge on any atom is 0.416 e. The minimum atomic E-state index is -4.53. The van der Waals surface area contributed by atoms with Crippen molar-refractivity contribution in [2.45, 2.75) is 19.7 Å². The molecule has 3 rings (SSSR count). The number of aromatic nitrogens is 2. The first-order valence-electron chi connectivity index (χ1n) is 9.16. The van der Waals surface area contributed by atoms with Crippen molar-refractivity contribution < 1.29 is 33.0 Å². The largest absolute Gasteiger partial charge is 0.478 e. The van der Waals surface area contributed by atoms with Gasteiger partial charge in [0.05, 0.1) is 34.8 Å². The second-order valence-electron chi connectivity index (χ2n) is 6.68. The zero-order valence-electron chi connectivity index (χ0n) is 16.6. The van der Waals surface area contributed by atoms with Crippen LogP contribution in [0.25, 0.3) is 11.3 Å². The van der Waals surface area contributed by atoms with Gasteiger partial charge in [-0.05, 0) is 43.3 Å². The number of nitrogens with one attached hydrogen (secondary N) is 2. The van der Waals surface area contributed by atoms with Crippen LogP contribution in [0.15, 0.2) is 53.6 Å². The fraction of sp³-hybridized carbons (Fsp3) is 0.143. The predicted molar refractivity (Wildman–Crippen MR) is 108 cm³/mol. The molecular weight excluding hydrogens is 429 g/mol. The molecule has 0 saturated carbocycles. The van der Waals surface area contributed by atoms with E-state index < -0.39 is 30.2 Å². The van der Waals surface area contributed by atoms with Gasteiger partial charge in [0.1, 0.15) is 0 Å². The molecule has 166 valence electrons. The first-order chi connectivity index (χ1) is 15.1. The van der Waals surface area contributed by atoms with E-state index in [0.29, 0.717) is 0 Å². The molecular formula is C21H17F3N4O4. The number of carbonyl (C=O) groups is 2. The van der Waals surface area contributed by atoms with Crippen LogP contribution in [0, 0.1) is 0 Å². The topological polar surface area (TPSA) is 128 Å². The lowest BCUT2D eigenvalue weighted by Crippen LogP contribution is -2.20. The molecule has 0 spiro atoms. The van der Waals surface area contributed by atoms with Crippen LogP contribution < -0.4 is 5.43 Å². The fourth-order valence-corrected chi connectivity index (χ4v) is 2.92. The number of carboxylic acid groups (broad SMARTS) is 1. The van der Waals surface area contributed by atoms with Crippen molar-refractivity contribution in [3.05, 3.63) is 76.5 Å². The smallest absolute Gasteiger partial charge is 0.416 e. The number of carboxylic acids is 1. The van der Waals surface area contributed by atoms with Gasteiger partial charge in [-0.25, -0.2) is 10.2 Å². The highest BCUT2D eigenvalue weighted by atomic mass is 19.4. The van der Waals surface area contributed by atoms with Gasteiger partial charge in [-0.3, -0.25) is 9.89 Å². The Bertz CT molecular complexity index is 1180. The van der Waals surface area contributed by atoms with Crippen LogP contribution in [-0.4, -0.2) is 38.0 Å². The lowest BCUT2D eigenvalue weighted by molar-refractivity contribution is -0.137. The summed E-state index contributed by atoms with van der Waals surface area (Å²) in [5, 5.41) is 29.3. The molecule has 2 aromatic carbocycles. The summed E-state index contributed by atoms with van der Waals surface area (Å²) >= 11 is 0. The van der Waals surface area contributed by atoms with E-state index in [2.05, 4.69) is 20.7 Å². The summed E-state index contributed by atoms with van der Waals surface area (Å²) < 4.78 is 39.0. The molecule has 0 unspecified atom stereocenters. The van der Waals surface area contributed by atoms with Crippen LogP contribution in [-0.2, 0) is 12.8 Å². The van der Waals surface area contributed by atoms with Gasteiger partial charge >= 0.3 is 12.1 Å². The normalized spacial score (nSPS) is 12.0. The molecule has 0 aliphatic rings. The van der Waals surface area contributed by atoms with Gasteiger partial charge in [0, 0.05) is 16.7 Å². The molecule has 0 aliphatic heterocycles. The van der Waals surface area contributed by atoms with Crippen molar-refractivity contribution in [3.8, 4) is 11.3 Å². The van der Waals surface area contributed by atoms with Crippen LogP contribution >= 0.6 is 0 Å². The van der Waals surface area contributed by atoms with E-state index in [4.69, 9.17) is 5.11 Å². The predicted octanol–water partition coefficient (Wildman–Crippen LogP) is 3.44. The summed E-state index contributed by atoms with van der Waals surface area (Å²) in [6, 6.07) is 9.72. The van der Waals surface area contributed by atoms with Gasteiger partial charge in [-0.2, -0.15) is 23.4 Å². The Morgan fingerprint density at radius 2 is 1.78 bits per heavy atom. The number of hydrogen-bond acceptors (Lipinski definition) is 5. The van der Waals surface area contributed by atoms with Crippen molar-refractivity contribution >= 4 is 17.6 Å². The molecule has 0 saturated heterocycles. The number of amides is 1. The molecule has 3 aromatic rings. The first-order valence-corrected chi connectivity index (χ1v) is 9.16. The summed E-state index contributed by atoms with van der Waals surface area (Å²) in [4.78, 5) is 23.1. The quantitative estimate of drug-likeness (QED) is 0.341. The van der Waals surface area contributed by atoms with Crippen molar-refractivity contribution in [1.82, 2.24) is 15.6 Å². The zero-order valence-corrected chi connectivity index (χ0v) is 16.6. The summed E-state index contributed by atoms with van der Waals surface area (Å²) in [6.07, 6.45) is -4.53. The third-order valence-corrected chi connectivity index (χ3v) is 4.57. The number of hydrazone groups is 1. The van der Waals surface area contributed by atoms with E-state index in [1.807, 2.05) is 0 Å². The molecule has 4 N–H and O–H groups in total. The van der Waals surface area contributed by atoms with Crippen LogP contribution in [0.2, 0.25) is 0 Å². The van der Waals surface area contributed by atoms with Gasteiger partial charge in [0.25, 0.3) is 5.91 Å². The molecule has 0 bridgehead atoms. The number of aliphatic hydroxyl groups excluding tert-OH is 1. The summed E-state index contributed by atoms with van der Waals surface area (Å²) in [5.74, 6) is -1.73. The highest BCUT2D eigenvalue weighted by molar-refractivity contribution is 6.01. The van der Waals surface area contributed by atoms with Crippen LogP contribution in [0.5, 0.6) is 0 Å². The number of aromatic amines is 1. The highest BCUT2D eigenvalue weighted by Crippen LogP contribution is 2.33. The molecule has 8 nitrogen and oxygen atoms in total. The molecule has 0 fully saturated rings. The first kappa shape index (κ1) is 22.7. The number of rotatable bonds is 6. The van der Waals surface area contributed by atoms with E-state index in [0.717, 1.165) is 12.1 Å². The van der Waals surface area contributed by atoms with Gasteiger partial charge < -0.3 is 10.2 Å². The highest BCUT2D eigenvalue weighted by Gasteiger charge is 2.31. The van der Waals surface area contributed by atoms with E-state index in [1.165, 1.54) is 43.3 Å². The average molecular weight is 446 g/mol. The van der Waals surface area contributed by atoms with E-state index >= 15 is 0 Å². The minimum Gasteiger partial charge on any atom is -0.478 e. The van der Waals surface area contributed by atoms with Gasteiger partial charge in [-0.1, -0.05) is 12.1 Å². The Labute approximate surface area is 179 Å². The van der Waals surface area contributed by atoms with Crippen LogP contribution in [0.3, 0.4) is 0 Å². The molecule has 11 heteroatoms. The van der Waals surface area contributed by atoms with Crippen molar-refractivity contribution in [3.63, 3.8) is 0 Å². The summed E-state index contributed by atoms with van der Waals surface area (Å²) in [5.41, 5.74) is 2.59. The SMILES string of the molecule is CC(=NNC(=O)c1ccc(C(=O)O)cc1)c1[nH]nc(-c2cccc(C(F)(F)F)c2)c1CO. The molecule has 0 atom stereocenters. The number of nitrogens with zero attached hydrogens (tertiary/aromatic N) is 2. The lowest BCUT2D eigenvalue weighted by Gasteiger charge is -2.08. The van der Waals surface area contributed by atoms with E-state index in [9.17, 15) is 27.9 Å². The third kappa shape index (κ3) is 4.83. The average Bonchev–Trinajstić information content (AvgIpc) is 3.21. The summed E-state index contributed by atoms with van der Waals surface area (Å²) in [7, 11) is 0. The standard InChI is InChI=1S/C21H17F3N4O4/c1-11(25-28-19(30)12-5-7-13(8-6-12)20(31)32)17-16(10-29)18(27-26-17)14-3-2-4-15(9-14)21(22,23)24/h2-9,29H,10H2,1H3,(H,26,27)(H,28,30)(H,31,32). The minimum absolute atomic E-state index is 0.0217. The summed E-state index contributed by atoms with van der Waals surface area (Å²) in [6.45, 7) is 0.977. The monoisotopic (exact) mass is 446 g/mol. The van der Waals surface area contributed by atoms with Crippen LogP contribution in [0.1, 0.15) is 44.5 Å². The van der Waals surface area contributed by atoms with Crippen molar-refractivity contribution in [1.29, 1.82) is 0 Å². The van der Waals surface area contributed by atoms with Gasteiger partial charge in [0.15, 0.2) is 0 Å². The third-order valence-electron chi connectivity index (χ3n) is 4.57. The van der Waals surface area contributed by atoms with Crippen molar-refractivity contribution in [2.75, 3.05) is 0 Å². The van der Waals surface area contributed by atoms with E-state index in [1.54, 1.807) is 0 Å². The molecule has 32 heavy (non-hydrogen) atoms. The maximum absolute atomic E-state index is 13.0. The Morgan fingerprint density at radius 3 is 2.38 bits per heavy atom. The second-order valence-corrected chi connectivity index (χ2v) is 6.68. The molecule has 0 radical (unpaired) electrons. The van der Waals surface area contributed by atoms with Crippen LogP contribution in [0.4, 0.5) is 13.2 Å². The molecule has 1 aromatic heterocycles. The Hall–Kier alpha value is -3.99. The number of alkyl halides is 3. The lowest BCUT2D eigenvalue weighted by atomic mass is 10.0. The number of benzene rings is 2. The fourth-order valence-electron chi connectivity index (χ4n) is 2.92. The zero-order chi connectivity index (χ0) is 23.5. The second kappa shape index (κ2) is 9.02. The van der Waals surface area contributed by atoms with Gasteiger partial charge in [0.2, 0.25) is 0 Å². The number of carbonyl (C=O) groups excluding carboxylic acids is 1.